The number of benzene rings is 1. The van der Waals surface area contributed by atoms with Crippen LogP contribution in [0, 0.1) is 12.8 Å². The molecular weight excluding hydrogens is 330 g/mol. The molecule has 2 rings (SSSR count). The standard InChI is InChI=1S/C20H29N3O3/c1-4-10-21-20(26)18(16-8-11-23(12-9-16)15(3)24)22-19(25)17-7-5-6-14(2)13-17/h5-7,13,16,18H,4,8-12H2,1-3H3,(H,21,26)(H,22,25)/t18-/m0/s1. The summed E-state index contributed by atoms with van der Waals surface area (Å²) in [6, 6.07) is 6.75. The Labute approximate surface area is 155 Å². The van der Waals surface area contributed by atoms with Crippen molar-refractivity contribution < 1.29 is 14.4 Å². The zero-order valence-electron chi connectivity index (χ0n) is 15.9. The second-order valence-corrected chi connectivity index (χ2v) is 6.96. The minimum atomic E-state index is -0.580. The Morgan fingerprint density at radius 2 is 1.92 bits per heavy atom. The van der Waals surface area contributed by atoms with Gasteiger partial charge in [0, 0.05) is 32.1 Å². The van der Waals surface area contributed by atoms with Crippen LogP contribution in [0.5, 0.6) is 0 Å². The molecule has 1 aliphatic heterocycles. The fourth-order valence-corrected chi connectivity index (χ4v) is 3.31. The molecule has 0 bridgehead atoms. The van der Waals surface area contributed by atoms with E-state index in [1.54, 1.807) is 17.9 Å². The van der Waals surface area contributed by atoms with Gasteiger partial charge in [-0.25, -0.2) is 0 Å². The Hall–Kier alpha value is -2.37. The van der Waals surface area contributed by atoms with Crippen LogP contribution < -0.4 is 10.6 Å². The summed E-state index contributed by atoms with van der Waals surface area (Å²) >= 11 is 0. The fraction of sp³-hybridized carbons (Fsp3) is 0.550. The summed E-state index contributed by atoms with van der Waals surface area (Å²) in [5.41, 5.74) is 1.55. The average molecular weight is 359 g/mol. The maximum Gasteiger partial charge on any atom is 0.251 e. The lowest BCUT2D eigenvalue weighted by Crippen LogP contribution is -2.53. The summed E-state index contributed by atoms with van der Waals surface area (Å²) in [6.07, 6.45) is 2.25. The highest BCUT2D eigenvalue weighted by Crippen LogP contribution is 2.21. The van der Waals surface area contributed by atoms with Crippen molar-refractivity contribution in [3.8, 4) is 0 Å². The van der Waals surface area contributed by atoms with Gasteiger partial charge in [0.25, 0.3) is 5.91 Å². The molecule has 1 aliphatic rings. The molecular formula is C20H29N3O3. The Kier molecular flexibility index (Phi) is 7.18. The van der Waals surface area contributed by atoms with Crippen molar-refractivity contribution in [3.63, 3.8) is 0 Å². The molecule has 0 radical (unpaired) electrons. The minimum Gasteiger partial charge on any atom is -0.354 e. The SMILES string of the molecule is CCCNC(=O)[C@@H](NC(=O)c1cccc(C)c1)C1CCN(C(C)=O)CC1. The molecule has 1 atom stereocenters. The van der Waals surface area contributed by atoms with Crippen LogP contribution in [-0.2, 0) is 9.59 Å². The topological polar surface area (TPSA) is 78.5 Å². The maximum absolute atomic E-state index is 12.6. The van der Waals surface area contributed by atoms with E-state index in [1.807, 2.05) is 32.0 Å². The van der Waals surface area contributed by atoms with E-state index >= 15 is 0 Å². The first-order valence-corrected chi connectivity index (χ1v) is 9.33. The van der Waals surface area contributed by atoms with Crippen LogP contribution in [0.1, 0.15) is 49.0 Å². The van der Waals surface area contributed by atoms with E-state index in [4.69, 9.17) is 0 Å². The Bertz CT molecular complexity index is 651. The van der Waals surface area contributed by atoms with Gasteiger partial charge in [-0.2, -0.15) is 0 Å². The summed E-state index contributed by atoms with van der Waals surface area (Å²) in [5.74, 6) is -0.302. The number of hydrogen-bond acceptors (Lipinski definition) is 3. The number of hydrogen-bond donors (Lipinski definition) is 2. The lowest BCUT2D eigenvalue weighted by atomic mass is 9.88. The largest absolute Gasteiger partial charge is 0.354 e. The number of carbonyl (C=O) groups excluding carboxylic acids is 3. The first-order chi connectivity index (χ1) is 12.4. The molecule has 6 heteroatoms. The fourth-order valence-electron chi connectivity index (χ4n) is 3.31. The number of likely N-dealkylation sites (tertiary alicyclic amines) is 1. The van der Waals surface area contributed by atoms with Gasteiger partial charge in [0.2, 0.25) is 11.8 Å². The molecule has 3 amide bonds. The lowest BCUT2D eigenvalue weighted by Gasteiger charge is -2.35. The molecule has 26 heavy (non-hydrogen) atoms. The van der Waals surface area contributed by atoms with Gasteiger partial charge in [-0.1, -0.05) is 24.6 Å². The van der Waals surface area contributed by atoms with Crippen LogP contribution in [0.2, 0.25) is 0 Å². The normalized spacial score (nSPS) is 16.0. The maximum atomic E-state index is 12.6. The number of nitrogens with zero attached hydrogens (tertiary/aromatic N) is 1. The summed E-state index contributed by atoms with van der Waals surface area (Å²) in [6.45, 7) is 7.31. The van der Waals surface area contributed by atoms with E-state index in [9.17, 15) is 14.4 Å². The molecule has 0 spiro atoms. The second-order valence-electron chi connectivity index (χ2n) is 6.96. The van der Waals surface area contributed by atoms with Crippen molar-refractivity contribution in [1.82, 2.24) is 15.5 Å². The highest BCUT2D eigenvalue weighted by Gasteiger charge is 2.33. The van der Waals surface area contributed by atoms with Gasteiger partial charge in [0.15, 0.2) is 0 Å². The van der Waals surface area contributed by atoms with Gasteiger partial charge in [-0.15, -0.1) is 0 Å². The molecule has 0 saturated carbocycles. The Morgan fingerprint density at radius 3 is 2.50 bits per heavy atom. The molecule has 0 unspecified atom stereocenters. The van der Waals surface area contributed by atoms with Crippen LogP contribution in [0.15, 0.2) is 24.3 Å². The number of carbonyl (C=O) groups is 3. The summed E-state index contributed by atoms with van der Waals surface area (Å²) in [7, 11) is 0. The summed E-state index contributed by atoms with van der Waals surface area (Å²) in [4.78, 5) is 38.6. The van der Waals surface area contributed by atoms with E-state index in [1.165, 1.54) is 0 Å². The van der Waals surface area contributed by atoms with E-state index < -0.39 is 6.04 Å². The first-order valence-electron chi connectivity index (χ1n) is 9.33. The number of rotatable bonds is 6. The third-order valence-corrected chi connectivity index (χ3v) is 4.85. The highest BCUT2D eigenvalue weighted by molar-refractivity contribution is 5.97. The third-order valence-electron chi connectivity index (χ3n) is 4.85. The smallest absolute Gasteiger partial charge is 0.251 e. The number of amides is 3. The van der Waals surface area contributed by atoms with Crippen molar-refractivity contribution in [2.24, 2.45) is 5.92 Å². The molecule has 1 aromatic rings. The van der Waals surface area contributed by atoms with Gasteiger partial charge < -0.3 is 15.5 Å². The Morgan fingerprint density at radius 1 is 1.23 bits per heavy atom. The molecule has 1 heterocycles. The van der Waals surface area contributed by atoms with Gasteiger partial charge >= 0.3 is 0 Å². The molecule has 0 aromatic heterocycles. The predicted octanol–water partition coefficient (Wildman–Crippen LogP) is 1.88. The molecule has 6 nitrogen and oxygen atoms in total. The third kappa shape index (κ3) is 5.31. The highest BCUT2D eigenvalue weighted by atomic mass is 16.2. The van der Waals surface area contributed by atoms with Crippen molar-refractivity contribution in [2.75, 3.05) is 19.6 Å². The van der Waals surface area contributed by atoms with E-state index in [0.29, 0.717) is 38.0 Å². The van der Waals surface area contributed by atoms with Crippen molar-refractivity contribution >= 4 is 17.7 Å². The molecule has 2 N–H and O–H groups in total. The molecule has 1 fully saturated rings. The van der Waals surface area contributed by atoms with Crippen LogP contribution in [0.3, 0.4) is 0 Å². The summed E-state index contributed by atoms with van der Waals surface area (Å²) < 4.78 is 0. The quantitative estimate of drug-likeness (QED) is 0.814. The summed E-state index contributed by atoms with van der Waals surface area (Å²) in [5, 5.41) is 5.83. The van der Waals surface area contributed by atoms with E-state index in [2.05, 4.69) is 10.6 Å². The zero-order valence-corrected chi connectivity index (χ0v) is 15.9. The molecule has 1 saturated heterocycles. The van der Waals surface area contributed by atoms with E-state index in [0.717, 1.165) is 12.0 Å². The van der Waals surface area contributed by atoms with E-state index in [-0.39, 0.29) is 23.6 Å². The zero-order chi connectivity index (χ0) is 19.1. The number of piperidine rings is 1. The molecule has 0 aliphatic carbocycles. The Balaban J connectivity index is 2.09. The van der Waals surface area contributed by atoms with Crippen LogP contribution in [0.4, 0.5) is 0 Å². The number of nitrogens with one attached hydrogen (secondary N) is 2. The number of aryl methyl sites for hydroxylation is 1. The van der Waals surface area contributed by atoms with Gasteiger partial charge in [0.05, 0.1) is 0 Å². The van der Waals surface area contributed by atoms with Crippen molar-refractivity contribution in [1.29, 1.82) is 0 Å². The van der Waals surface area contributed by atoms with Gasteiger partial charge in [0.1, 0.15) is 6.04 Å². The minimum absolute atomic E-state index is 0.0243. The molecule has 1 aromatic carbocycles. The van der Waals surface area contributed by atoms with Gasteiger partial charge in [-0.05, 0) is 44.2 Å². The van der Waals surface area contributed by atoms with Crippen molar-refractivity contribution in [3.05, 3.63) is 35.4 Å². The van der Waals surface area contributed by atoms with Gasteiger partial charge in [-0.3, -0.25) is 14.4 Å². The predicted molar refractivity (Wildman–Crippen MR) is 101 cm³/mol. The van der Waals surface area contributed by atoms with Crippen LogP contribution >= 0.6 is 0 Å². The van der Waals surface area contributed by atoms with Crippen LogP contribution in [-0.4, -0.2) is 48.3 Å². The molecule has 142 valence electrons. The first kappa shape index (κ1) is 19.9. The van der Waals surface area contributed by atoms with Crippen molar-refractivity contribution in [2.45, 2.75) is 46.1 Å². The second kappa shape index (κ2) is 9.36. The average Bonchev–Trinajstić information content (AvgIpc) is 2.64. The lowest BCUT2D eigenvalue weighted by molar-refractivity contribution is -0.130. The monoisotopic (exact) mass is 359 g/mol. The van der Waals surface area contributed by atoms with Crippen LogP contribution in [0.25, 0.3) is 0 Å².